The molecule has 8 heteroatoms. The van der Waals surface area contributed by atoms with Gasteiger partial charge in [0.1, 0.15) is 0 Å². The van der Waals surface area contributed by atoms with Crippen LogP contribution in [-0.2, 0) is 14.8 Å². The molecule has 0 aliphatic heterocycles. The minimum absolute atomic E-state index is 0.0882. The molecule has 1 aromatic rings. The topological polar surface area (TPSA) is 113 Å². The number of amides is 1. The average molecular weight is 382 g/mol. The van der Waals surface area contributed by atoms with E-state index in [2.05, 4.69) is 10.0 Å². The molecule has 1 fully saturated rings. The predicted molar refractivity (Wildman–Crippen MR) is 97.4 cm³/mol. The monoisotopic (exact) mass is 382 g/mol. The maximum absolute atomic E-state index is 12.5. The van der Waals surface area contributed by atoms with Gasteiger partial charge < -0.3 is 10.4 Å². The highest BCUT2D eigenvalue weighted by molar-refractivity contribution is 7.89. The second-order valence-corrected chi connectivity index (χ2v) is 8.31. The predicted octanol–water partition coefficient (Wildman–Crippen LogP) is 2.14. The third-order valence-corrected chi connectivity index (χ3v) is 6.22. The highest BCUT2D eigenvalue weighted by Crippen LogP contribution is 2.23. The number of carbonyl (C=O) groups excluding carboxylic acids is 1. The Bertz CT molecular complexity index is 730. The van der Waals surface area contributed by atoms with E-state index >= 15 is 0 Å². The van der Waals surface area contributed by atoms with Crippen molar-refractivity contribution in [2.75, 3.05) is 6.54 Å². The third kappa shape index (κ3) is 5.28. The number of aliphatic carboxylic acids is 1. The Balaban J connectivity index is 2.11. The Morgan fingerprint density at radius 3 is 2.27 bits per heavy atom. The van der Waals surface area contributed by atoms with Crippen molar-refractivity contribution in [3.63, 3.8) is 0 Å². The lowest BCUT2D eigenvalue weighted by Gasteiger charge is -2.27. The SMILES string of the molecule is CCNS(=O)(=O)c1ccc(C(=O)NC2CCCCCCC2C(=O)O)cc1. The fourth-order valence-electron chi connectivity index (χ4n) is 3.26. The molecular weight excluding hydrogens is 356 g/mol. The summed E-state index contributed by atoms with van der Waals surface area (Å²) in [5, 5.41) is 12.3. The average Bonchev–Trinajstić information content (AvgIpc) is 2.57. The lowest BCUT2D eigenvalue weighted by atomic mass is 9.86. The number of carbonyl (C=O) groups is 2. The molecule has 3 N–H and O–H groups in total. The van der Waals surface area contributed by atoms with Crippen molar-refractivity contribution in [3.8, 4) is 0 Å². The Hall–Kier alpha value is -1.93. The smallest absolute Gasteiger partial charge is 0.308 e. The molecular formula is C18H26N2O5S. The summed E-state index contributed by atoms with van der Waals surface area (Å²) >= 11 is 0. The maximum atomic E-state index is 12.5. The number of hydrogen-bond donors (Lipinski definition) is 3. The summed E-state index contributed by atoms with van der Waals surface area (Å²) in [5.41, 5.74) is 0.312. The molecule has 0 bridgehead atoms. The van der Waals surface area contributed by atoms with E-state index < -0.39 is 28.0 Å². The third-order valence-electron chi connectivity index (χ3n) is 4.66. The number of hydrogen-bond acceptors (Lipinski definition) is 4. The van der Waals surface area contributed by atoms with Crippen LogP contribution in [0.4, 0.5) is 0 Å². The van der Waals surface area contributed by atoms with E-state index in [1.165, 1.54) is 24.3 Å². The second kappa shape index (κ2) is 9.14. The zero-order valence-electron chi connectivity index (χ0n) is 14.9. The lowest BCUT2D eigenvalue weighted by molar-refractivity contribution is -0.143. The minimum atomic E-state index is -3.57. The summed E-state index contributed by atoms with van der Waals surface area (Å²) < 4.78 is 26.3. The quantitative estimate of drug-likeness (QED) is 0.698. The van der Waals surface area contributed by atoms with Gasteiger partial charge in [-0.2, -0.15) is 0 Å². The van der Waals surface area contributed by atoms with Gasteiger partial charge in [-0.15, -0.1) is 0 Å². The summed E-state index contributed by atoms with van der Waals surface area (Å²) in [6.07, 6.45) is 4.98. The molecule has 0 heterocycles. The van der Waals surface area contributed by atoms with E-state index in [0.29, 0.717) is 18.4 Å². The number of benzene rings is 1. The standard InChI is InChI=1S/C18H26N2O5S/c1-2-19-26(24,25)14-11-9-13(10-12-14)17(21)20-16-8-6-4-3-5-7-15(16)18(22)23/h9-12,15-16,19H,2-8H2,1H3,(H,20,21)(H,22,23). The normalized spacial score (nSPS) is 21.4. The minimum Gasteiger partial charge on any atom is -0.481 e. The number of nitrogens with one attached hydrogen (secondary N) is 2. The van der Waals surface area contributed by atoms with Crippen LogP contribution >= 0.6 is 0 Å². The molecule has 0 radical (unpaired) electrons. The number of sulfonamides is 1. The van der Waals surface area contributed by atoms with Crippen molar-refractivity contribution < 1.29 is 23.1 Å². The Morgan fingerprint density at radius 2 is 1.69 bits per heavy atom. The van der Waals surface area contributed by atoms with Crippen molar-refractivity contribution in [2.45, 2.75) is 56.4 Å². The highest BCUT2D eigenvalue weighted by Gasteiger charge is 2.30. The molecule has 0 saturated heterocycles. The zero-order chi connectivity index (χ0) is 19.2. The molecule has 0 aromatic heterocycles. The van der Waals surface area contributed by atoms with Gasteiger partial charge in [-0.25, -0.2) is 13.1 Å². The van der Waals surface area contributed by atoms with Crippen LogP contribution in [0.3, 0.4) is 0 Å². The molecule has 144 valence electrons. The zero-order valence-corrected chi connectivity index (χ0v) is 15.7. The first-order valence-corrected chi connectivity index (χ1v) is 10.5. The Labute approximate surface area is 154 Å². The van der Waals surface area contributed by atoms with Crippen molar-refractivity contribution in [1.29, 1.82) is 0 Å². The van der Waals surface area contributed by atoms with Crippen molar-refractivity contribution in [3.05, 3.63) is 29.8 Å². The number of carboxylic acid groups (broad SMARTS) is 1. The van der Waals surface area contributed by atoms with Crippen molar-refractivity contribution >= 4 is 21.9 Å². The molecule has 2 unspecified atom stereocenters. The summed E-state index contributed by atoms with van der Waals surface area (Å²) in [7, 11) is -3.57. The maximum Gasteiger partial charge on any atom is 0.308 e. The summed E-state index contributed by atoms with van der Waals surface area (Å²) in [6, 6.07) is 5.22. The van der Waals surface area contributed by atoms with E-state index in [0.717, 1.165) is 25.7 Å². The van der Waals surface area contributed by atoms with Gasteiger partial charge in [0, 0.05) is 18.2 Å². The first-order chi connectivity index (χ1) is 12.3. The summed E-state index contributed by atoms with van der Waals surface area (Å²) in [5.74, 6) is -1.86. The van der Waals surface area contributed by atoms with Crippen molar-refractivity contribution in [1.82, 2.24) is 10.0 Å². The first-order valence-electron chi connectivity index (χ1n) is 8.98. The van der Waals surface area contributed by atoms with E-state index in [-0.39, 0.29) is 17.3 Å². The highest BCUT2D eigenvalue weighted by atomic mass is 32.2. The van der Waals surface area contributed by atoms with E-state index in [1.54, 1.807) is 6.92 Å². The van der Waals surface area contributed by atoms with Crippen LogP contribution < -0.4 is 10.0 Å². The van der Waals surface area contributed by atoms with Crippen LogP contribution in [0.5, 0.6) is 0 Å². The van der Waals surface area contributed by atoms with E-state index in [9.17, 15) is 23.1 Å². The molecule has 1 saturated carbocycles. The largest absolute Gasteiger partial charge is 0.481 e. The molecule has 7 nitrogen and oxygen atoms in total. The van der Waals surface area contributed by atoms with E-state index in [1.807, 2.05) is 0 Å². The lowest BCUT2D eigenvalue weighted by Crippen LogP contribution is -2.43. The summed E-state index contributed by atoms with van der Waals surface area (Å²) in [4.78, 5) is 24.1. The van der Waals surface area contributed by atoms with Crippen LogP contribution in [0.1, 0.15) is 55.8 Å². The molecule has 0 spiro atoms. The van der Waals surface area contributed by atoms with Gasteiger partial charge in [-0.3, -0.25) is 9.59 Å². The van der Waals surface area contributed by atoms with Crippen LogP contribution in [0.25, 0.3) is 0 Å². The molecule has 1 amide bonds. The van der Waals surface area contributed by atoms with Gasteiger partial charge in [0.05, 0.1) is 10.8 Å². The molecule has 1 aromatic carbocycles. The molecule has 2 atom stereocenters. The van der Waals surface area contributed by atoms with Gasteiger partial charge in [0.2, 0.25) is 10.0 Å². The number of rotatable bonds is 6. The van der Waals surface area contributed by atoms with Crippen molar-refractivity contribution in [2.24, 2.45) is 5.92 Å². The van der Waals surface area contributed by atoms with Gasteiger partial charge in [-0.05, 0) is 37.1 Å². The van der Waals surface area contributed by atoms with Gasteiger partial charge in [0.25, 0.3) is 5.91 Å². The Morgan fingerprint density at radius 1 is 1.08 bits per heavy atom. The van der Waals surface area contributed by atoms with Gasteiger partial charge >= 0.3 is 5.97 Å². The van der Waals surface area contributed by atoms with Crippen LogP contribution in [0.15, 0.2) is 29.2 Å². The second-order valence-electron chi connectivity index (χ2n) is 6.54. The fourth-order valence-corrected chi connectivity index (χ4v) is 4.30. The van der Waals surface area contributed by atoms with E-state index in [4.69, 9.17) is 0 Å². The van der Waals surface area contributed by atoms with Crippen LogP contribution in [0, 0.1) is 5.92 Å². The molecule has 2 rings (SSSR count). The Kier molecular flexibility index (Phi) is 7.16. The fraction of sp³-hybridized carbons (Fsp3) is 0.556. The molecule has 1 aliphatic rings. The van der Waals surface area contributed by atoms with Gasteiger partial charge in [0.15, 0.2) is 0 Å². The first kappa shape index (κ1) is 20.4. The van der Waals surface area contributed by atoms with Crippen LogP contribution in [0.2, 0.25) is 0 Å². The van der Waals surface area contributed by atoms with Gasteiger partial charge in [-0.1, -0.05) is 32.6 Å². The molecule has 1 aliphatic carbocycles. The van der Waals surface area contributed by atoms with Crippen LogP contribution in [-0.4, -0.2) is 38.0 Å². The number of carboxylic acids is 1. The summed E-state index contributed by atoms with van der Waals surface area (Å²) in [6.45, 7) is 1.97. The molecule has 26 heavy (non-hydrogen) atoms.